The number of carbonyl (C=O) groups is 2. The molecule has 2 rings (SSSR count). The SMILES string of the molecule is CC(C)N1CC(C(=O)NCCOc2cccc(F)c2)CC1=O. The predicted molar refractivity (Wildman–Crippen MR) is 79.9 cm³/mol. The summed E-state index contributed by atoms with van der Waals surface area (Å²) in [5.41, 5.74) is 0. The number of rotatable bonds is 6. The predicted octanol–water partition coefficient (Wildman–Crippen LogP) is 1.58. The Morgan fingerprint density at radius 2 is 2.27 bits per heavy atom. The summed E-state index contributed by atoms with van der Waals surface area (Å²) in [6.45, 7) is 4.91. The van der Waals surface area contributed by atoms with Gasteiger partial charge < -0.3 is 15.0 Å². The van der Waals surface area contributed by atoms with Crippen LogP contribution in [0.4, 0.5) is 4.39 Å². The Labute approximate surface area is 129 Å². The molecule has 0 bridgehead atoms. The molecule has 22 heavy (non-hydrogen) atoms. The first-order valence-corrected chi connectivity index (χ1v) is 7.43. The molecule has 1 heterocycles. The number of amides is 2. The number of benzene rings is 1. The van der Waals surface area contributed by atoms with Crippen molar-refractivity contribution in [3.05, 3.63) is 30.1 Å². The summed E-state index contributed by atoms with van der Waals surface area (Å²) in [5.74, 6) is -0.356. The first kappa shape index (κ1) is 16.3. The van der Waals surface area contributed by atoms with E-state index in [1.165, 1.54) is 12.1 Å². The normalized spacial score (nSPS) is 17.9. The molecule has 0 aliphatic carbocycles. The molecule has 1 aromatic rings. The fourth-order valence-corrected chi connectivity index (χ4v) is 2.45. The minimum atomic E-state index is -0.361. The molecule has 5 nitrogen and oxygen atoms in total. The maximum Gasteiger partial charge on any atom is 0.225 e. The highest BCUT2D eigenvalue weighted by atomic mass is 19.1. The van der Waals surface area contributed by atoms with E-state index in [0.717, 1.165) is 0 Å². The number of carbonyl (C=O) groups excluding carboxylic acids is 2. The maximum atomic E-state index is 13.0. The molecule has 1 aliphatic heterocycles. The average molecular weight is 308 g/mol. The third kappa shape index (κ3) is 4.19. The van der Waals surface area contributed by atoms with Gasteiger partial charge in [-0.3, -0.25) is 9.59 Å². The van der Waals surface area contributed by atoms with E-state index in [9.17, 15) is 14.0 Å². The second-order valence-corrected chi connectivity index (χ2v) is 5.64. The number of hydrogen-bond donors (Lipinski definition) is 1. The molecule has 1 atom stereocenters. The minimum Gasteiger partial charge on any atom is -0.492 e. The van der Waals surface area contributed by atoms with Gasteiger partial charge in [-0.1, -0.05) is 6.07 Å². The number of hydrogen-bond acceptors (Lipinski definition) is 3. The van der Waals surface area contributed by atoms with Crippen molar-refractivity contribution < 1.29 is 18.7 Å². The van der Waals surface area contributed by atoms with Gasteiger partial charge in [0.15, 0.2) is 0 Å². The summed E-state index contributed by atoms with van der Waals surface area (Å²) < 4.78 is 18.3. The lowest BCUT2D eigenvalue weighted by Crippen LogP contribution is -2.36. The van der Waals surface area contributed by atoms with Crippen LogP contribution < -0.4 is 10.1 Å². The van der Waals surface area contributed by atoms with Gasteiger partial charge in [0.25, 0.3) is 0 Å². The summed E-state index contributed by atoms with van der Waals surface area (Å²) >= 11 is 0. The average Bonchev–Trinajstić information content (AvgIpc) is 2.86. The Morgan fingerprint density at radius 3 is 2.91 bits per heavy atom. The van der Waals surface area contributed by atoms with Gasteiger partial charge in [0, 0.05) is 25.1 Å². The molecule has 1 N–H and O–H groups in total. The second kappa shape index (κ2) is 7.24. The summed E-state index contributed by atoms with van der Waals surface area (Å²) in [5, 5.41) is 2.75. The highest BCUT2D eigenvalue weighted by molar-refractivity contribution is 5.89. The third-order valence-corrected chi connectivity index (χ3v) is 3.62. The Hall–Kier alpha value is -2.11. The molecule has 1 unspecified atom stereocenters. The van der Waals surface area contributed by atoms with Crippen LogP contribution in [0.15, 0.2) is 24.3 Å². The molecule has 1 aliphatic rings. The van der Waals surface area contributed by atoms with Crippen molar-refractivity contribution in [1.29, 1.82) is 0 Å². The van der Waals surface area contributed by atoms with Gasteiger partial charge in [-0.25, -0.2) is 4.39 Å². The number of nitrogens with zero attached hydrogens (tertiary/aromatic N) is 1. The van der Waals surface area contributed by atoms with Gasteiger partial charge in [0.2, 0.25) is 11.8 Å². The third-order valence-electron chi connectivity index (χ3n) is 3.62. The highest BCUT2D eigenvalue weighted by Gasteiger charge is 2.35. The zero-order valence-corrected chi connectivity index (χ0v) is 12.8. The number of ether oxygens (including phenoxy) is 1. The molecule has 120 valence electrons. The van der Waals surface area contributed by atoms with Crippen molar-refractivity contribution >= 4 is 11.8 Å². The van der Waals surface area contributed by atoms with Gasteiger partial charge in [0.1, 0.15) is 18.2 Å². The molecule has 2 amide bonds. The number of likely N-dealkylation sites (tertiary alicyclic amines) is 1. The molecule has 0 radical (unpaired) electrons. The summed E-state index contributed by atoms with van der Waals surface area (Å²) in [6, 6.07) is 5.96. The van der Waals surface area contributed by atoms with Crippen LogP contribution in [0.2, 0.25) is 0 Å². The molecule has 1 fully saturated rings. The first-order valence-electron chi connectivity index (χ1n) is 7.43. The van der Waals surface area contributed by atoms with E-state index in [1.807, 2.05) is 13.8 Å². The topological polar surface area (TPSA) is 58.6 Å². The second-order valence-electron chi connectivity index (χ2n) is 5.64. The highest BCUT2D eigenvalue weighted by Crippen LogP contribution is 2.20. The van der Waals surface area contributed by atoms with Gasteiger partial charge in [-0.05, 0) is 26.0 Å². The van der Waals surface area contributed by atoms with Crippen LogP contribution in [0, 0.1) is 11.7 Å². The Morgan fingerprint density at radius 1 is 1.50 bits per heavy atom. The lowest BCUT2D eigenvalue weighted by molar-refractivity contribution is -0.129. The molecule has 0 spiro atoms. The smallest absolute Gasteiger partial charge is 0.225 e. The number of halogens is 1. The summed E-state index contributed by atoms with van der Waals surface area (Å²) in [4.78, 5) is 25.5. The van der Waals surface area contributed by atoms with Gasteiger partial charge >= 0.3 is 0 Å². The molecular formula is C16H21FN2O3. The van der Waals surface area contributed by atoms with E-state index in [-0.39, 0.29) is 42.6 Å². The van der Waals surface area contributed by atoms with E-state index in [1.54, 1.807) is 17.0 Å². The summed E-state index contributed by atoms with van der Waals surface area (Å²) in [6.07, 6.45) is 0.259. The fraction of sp³-hybridized carbons (Fsp3) is 0.500. The zero-order valence-electron chi connectivity index (χ0n) is 12.8. The molecule has 1 saturated heterocycles. The maximum absolute atomic E-state index is 13.0. The van der Waals surface area contributed by atoms with Crippen LogP contribution in [0.5, 0.6) is 5.75 Å². The number of nitrogens with one attached hydrogen (secondary N) is 1. The Bertz CT molecular complexity index is 548. The van der Waals surface area contributed by atoms with Crippen molar-refractivity contribution in [3.63, 3.8) is 0 Å². The standard InChI is InChI=1S/C16H21FN2O3/c1-11(2)19-10-12(8-15(19)20)16(21)18-6-7-22-14-5-3-4-13(17)9-14/h3-5,9,11-12H,6-8,10H2,1-2H3,(H,18,21). The van der Waals surface area contributed by atoms with Crippen LogP contribution in [-0.4, -0.2) is 42.5 Å². The molecule has 0 aromatic heterocycles. The summed E-state index contributed by atoms with van der Waals surface area (Å²) in [7, 11) is 0. The van der Waals surface area contributed by atoms with Gasteiger partial charge in [-0.15, -0.1) is 0 Å². The Balaban J connectivity index is 1.71. The van der Waals surface area contributed by atoms with Crippen molar-refractivity contribution in [2.75, 3.05) is 19.7 Å². The molecular weight excluding hydrogens is 287 g/mol. The molecule has 6 heteroatoms. The molecule has 0 saturated carbocycles. The van der Waals surface area contributed by atoms with Crippen molar-refractivity contribution in [1.82, 2.24) is 10.2 Å². The largest absolute Gasteiger partial charge is 0.492 e. The first-order chi connectivity index (χ1) is 10.5. The van der Waals surface area contributed by atoms with Gasteiger partial charge in [0.05, 0.1) is 12.5 Å². The van der Waals surface area contributed by atoms with Crippen LogP contribution >= 0.6 is 0 Å². The molecule has 1 aromatic carbocycles. The lowest BCUT2D eigenvalue weighted by atomic mass is 10.1. The zero-order chi connectivity index (χ0) is 16.1. The van der Waals surface area contributed by atoms with Crippen molar-refractivity contribution in [3.8, 4) is 5.75 Å². The van der Waals surface area contributed by atoms with Gasteiger partial charge in [-0.2, -0.15) is 0 Å². The quantitative estimate of drug-likeness (QED) is 0.812. The van der Waals surface area contributed by atoms with E-state index in [0.29, 0.717) is 18.8 Å². The van der Waals surface area contributed by atoms with Crippen molar-refractivity contribution in [2.45, 2.75) is 26.3 Å². The minimum absolute atomic E-state index is 0.0196. The van der Waals surface area contributed by atoms with E-state index in [2.05, 4.69) is 5.32 Å². The van der Waals surface area contributed by atoms with E-state index in [4.69, 9.17) is 4.74 Å². The lowest BCUT2D eigenvalue weighted by Gasteiger charge is -2.20. The van der Waals surface area contributed by atoms with E-state index < -0.39 is 0 Å². The van der Waals surface area contributed by atoms with Crippen LogP contribution in [-0.2, 0) is 9.59 Å². The monoisotopic (exact) mass is 308 g/mol. The Kier molecular flexibility index (Phi) is 5.35. The van der Waals surface area contributed by atoms with Crippen LogP contribution in [0.25, 0.3) is 0 Å². The van der Waals surface area contributed by atoms with Crippen molar-refractivity contribution in [2.24, 2.45) is 5.92 Å². The van der Waals surface area contributed by atoms with Crippen LogP contribution in [0.1, 0.15) is 20.3 Å². The van der Waals surface area contributed by atoms with Crippen LogP contribution in [0.3, 0.4) is 0 Å². The van der Waals surface area contributed by atoms with E-state index >= 15 is 0 Å². The fourth-order valence-electron chi connectivity index (χ4n) is 2.45.